The first-order chi connectivity index (χ1) is 12.3. The van der Waals surface area contributed by atoms with Crippen LogP contribution in [-0.4, -0.2) is 53.1 Å². The lowest BCUT2D eigenvalue weighted by Crippen LogP contribution is -2.38. The van der Waals surface area contributed by atoms with E-state index >= 15 is 0 Å². The number of nitrogens with zero attached hydrogens (tertiary/aromatic N) is 5. The Morgan fingerprint density at radius 2 is 2.00 bits per heavy atom. The van der Waals surface area contributed by atoms with Gasteiger partial charge in [-0.1, -0.05) is 13.8 Å². The quantitative estimate of drug-likeness (QED) is 0.797. The topological polar surface area (TPSA) is 75.4 Å². The number of anilines is 1. The second-order valence-corrected chi connectivity index (χ2v) is 8.70. The van der Waals surface area contributed by atoms with Gasteiger partial charge < -0.3 is 14.3 Å². The molecule has 1 amide bonds. The first-order valence-electron chi connectivity index (χ1n) is 9.11. The van der Waals surface area contributed by atoms with Gasteiger partial charge in [-0.25, -0.2) is 4.98 Å². The minimum Gasteiger partial charge on any atom is -0.344 e. The van der Waals surface area contributed by atoms with Crippen molar-refractivity contribution in [1.82, 2.24) is 20.0 Å². The highest BCUT2D eigenvalue weighted by Gasteiger charge is 2.30. The van der Waals surface area contributed by atoms with Gasteiger partial charge in [-0.3, -0.25) is 4.79 Å². The number of likely N-dealkylation sites (tertiary alicyclic amines) is 1. The second-order valence-electron chi connectivity index (χ2n) is 7.50. The average molecular weight is 378 g/mol. The van der Waals surface area contributed by atoms with Gasteiger partial charge in [-0.15, -0.1) is 11.3 Å². The number of hydrogen-bond acceptors (Lipinski definition) is 7. The van der Waals surface area contributed by atoms with Crippen LogP contribution in [0, 0.1) is 12.8 Å². The normalized spacial score (nSPS) is 15.7. The van der Waals surface area contributed by atoms with E-state index in [1.54, 1.807) is 0 Å². The summed E-state index contributed by atoms with van der Waals surface area (Å²) in [7, 11) is 3.78. The molecule has 1 aliphatic rings. The average Bonchev–Trinajstić information content (AvgIpc) is 3.21. The van der Waals surface area contributed by atoms with Crippen molar-refractivity contribution in [2.24, 2.45) is 5.92 Å². The van der Waals surface area contributed by atoms with Crippen LogP contribution in [0.4, 0.5) is 5.95 Å². The van der Waals surface area contributed by atoms with Crippen LogP contribution < -0.4 is 4.90 Å². The maximum absolute atomic E-state index is 13.0. The molecule has 0 atom stereocenters. The molecule has 0 saturated carbocycles. The number of aromatic nitrogens is 3. The number of carbonyl (C=O) groups excluding carboxylic acids is 1. The van der Waals surface area contributed by atoms with Gasteiger partial charge in [0.15, 0.2) is 0 Å². The van der Waals surface area contributed by atoms with Crippen LogP contribution in [0.25, 0.3) is 0 Å². The van der Waals surface area contributed by atoms with Gasteiger partial charge in [-0.2, -0.15) is 4.98 Å². The van der Waals surface area contributed by atoms with E-state index in [4.69, 9.17) is 4.52 Å². The van der Waals surface area contributed by atoms with Crippen molar-refractivity contribution in [3.05, 3.63) is 21.5 Å². The molecular weight excluding hydrogens is 350 g/mol. The summed E-state index contributed by atoms with van der Waals surface area (Å²) in [4.78, 5) is 26.6. The number of rotatable bonds is 5. The van der Waals surface area contributed by atoms with Crippen molar-refractivity contribution < 1.29 is 9.32 Å². The third-order valence-corrected chi connectivity index (χ3v) is 5.56. The fraction of sp³-hybridized carbons (Fsp3) is 0.667. The molecule has 2 aromatic heterocycles. The minimum atomic E-state index is 0.115. The Labute approximate surface area is 158 Å². The summed E-state index contributed by atoms with van der Waals surface area (Å²) in [5.41, 5.74) is 0.946. The van der Waals surface area contributed by atoms with Gasteiger partial charge >= 0.3 is 0 Å². The molecule has 0 spiro atoms. The molecule has 3 rings (SSSR count). The third-order valence-electron chi connectivity index (χ3n) is 4.56. The van der Waals surface area contributed by atoms with Crippen molar-refractivity contribution in [1.29, 1.82) is 0 Å². The maximum Gasteiger partial charge on any atom is 0.265 e. The van der Waals surface area contributed by atoms with Gasteiger partial charge in [0.25, 0.3) is 11.9 Å². The molecule has 1 aliphatic heterocycles. The number of amides is 1. The highest BCUT2D eigenvalue weighted by molar-refractivity contribution is 7.13. The molecule has 1 saturated heterocycles. The SMILES string of the molecule is Cc1nc(CC(C)C)c(C(=O)N2CCC(c3nc(N(C)C)no3)CC2)s1. The Hall–Kier alpha value is -1.96. The van der Waals surface area contributed by atoms with Crippen LogP contribution in [0.2, 0.25) is 0 Å². The van der Waals surface area contributed by atoms with Crippen LogP contribution in [0.15, 0.2) is 4.52 Å². The number of aryl methyl sites for hydroxylation is 1. The van der Waals surface area contributed by atoms with Crippen LogP contribution >= 0.6 is 11.3 Å². The van der Waals surface area contributed by atoms with E-state index < -0.39 is 0 Å². The van der Waals surface area contributed by atoms with E-state index in [2.05, 4.69) is 29.0 Å². The summed E-state index contributed by atoms with van der Waals surface area (Å²) in [6, 6.07) is 0. The molecule has 0 radical (unpaired) electrons. The smallest absolute Gasteiger partial charge is 0.265 e. The fourth-order valence-electron chi connectivity index (χ4n) is 3.21. The minimum absolute atomic E-state index is 0.115. The highest BCUT2D eigenvalue weighted by atomic mass is 32.1. The van der Waals surface area contributed by atoms with E-state index in [1.807, 2.05) is 30.8 Å². The lowest BCUT2D eigenvalue weighted by atomic mass is 9.96. The third kappa shape index (κ3) is 4.06. The van der Waals surface area contributed by atoms with E-state index in [1.165, 1.54) is 11.3 Å². The van der Waals surface area contributed by atoms with Crippen LogP contribution in [0.5, 0.6) is 0 Å². The monoisotopic (exact) mass is 377 g/mol. The van der Waals surface area contributed by atoms with Crippen molar-refractivity contribution >= 4 is 23.2 Å². The van der Waals surface area contributed by atoms with Crippen LogP contribution in [0.3, 0.4) is 0 Å². The molecule has 0 N–H and O–H groups in total. The lowest BCUT2D eigenvalue weighted by molar-refractivity contribution is 0.0708. The Bertz CT molecular complexity index is 759. The first-order valence-corrected chi connectivity index (χ1v) is 9.93. The molecule has 0 bridgehead atoms. The van der Waals surface area contributed by atoms with Crippen molar-refractivity contribution in [3.8, 4) is 0 Å². The number of thiazole rings is 1. The molecule has 7 nitrogen and oxygen atoms in total. The zero-order chi connectivity index (χ0) is 18.8. The summed E-state index contributed by atoms with van der Waals surface area (Å²) in [5.74, 6) is 2.09. The first kappa shape index (κ1) is 18.8. The Morgan fingerprint density at radius 3 is 2.58 bits per heavy atom. The molecule has 0 aliphatic carbocycles. The predicted octanol–water partition coefficient (Wildman–Crippen LogP) is 3.12. The van der Waals surface area contributed by atoms with Crippen molar-refractivity contribution in [3.63, 3.8) is 0 Å². The Kier molecular flexibility index (Phi) is 5.60. The summed E-state index contributed by atoms with van der Waals surface area (Å²) >= 11 is 1.51. The Balaban J connectivity index is 1.65. The van der Waals surface area contributed by atoms with E-state index in [0.29, 0.717) is 30.8 Å². The molecule has 0 aromatic carbocycles. The zero-order valence-electron chi connectivity index (χ0n) is 16.2. The van der Waals surface area contributed by atoms with Crippen LogP contribution in [0.1, 0.15) is 58.9 Å². The molecule has 2 aromatic rings. The second kappa shape index (κ2) is 7.73. The molecule has 3 heterocycles. The maximum atomic E-state index is 13.0. The molecule has 0 unspecified atom stereocenters. The van der Waals surface area contributed by atoms with Gasteiger partial charge in [0, 0.05) is 33.1 Å². The molecular formula is C18H27N5O2S. The standard InChI is InChI=1S/C18H27N5O2S/c1-11(2)10-14-15(26-12(3)19-14)17(24)23-8-6-13(7-9-23)16-20-18(21-25-16)22(4)5/h11,13H,6-10H2,1-5H3. The van der Waals surface area contributed by atoms with Gasteiger partial charge in [0.2, 0.25) is 5.89 Å². The Morgan fingerprint density at radius 1 is 1.31 bits per heavy atom. The van der Waals surface area contributed by atoms with E-state index in [-0.39, 0.29) is 11.8 Å². The number of carbonyl (C=O) groups is 1. The molecule has 26 heavy (non-hydrogen) atoms. The molecule has 8 heteroatoms. The van der Waals surface area contributed by atoms with Gasteiger partial charge in [0.05, 0.1) is 10.7 Å². The van der Waals surface area contributed by atoms with E-state index in [9.17, 15) is 4.79 Å². The summed E-state index contributed by atoms with van der Waals surface area (Å²) < 4.78 is 5.40. The van der Waals surface area contributed by atoms with Gasteiger partial charge in [0.1, 0.15) is 4.88 Å². The fourth-order valence-corrected chi connectivity index (χ4v) is 4.12. The molecule has 1 fully saturated rings. The summed E-state index contributed by atoms with van der Waals surface area (Å²) in [6.45, 7) is 7.69. The summed E-state index contributed by atoms with van der Waals surface area (Å²) in [6.07, 6.45) is 2.54. The predicted molar refractivity (Wildman–Crippen MR) is 102 cm³/mol. The number of hydrogen-bond donors (Lipinski definition) is 0. The van der Waals surface area contributed by atoms with Gasteiger partial charge in [-0.05, 0) is 37.3 Å². The van der Waals surface area contributed by atoms with Crippen molar-refractivity contribution in [2.45, 2.75) is 46.0 Å². The van der Waals surface area contributed by atoms with Crippen molar-refractivity contribution in [2.75, 3.05) is 32.1 Å². The number of piperidine rings is 1. The highest BCUT2D eigenvalue weighted by Crippen LogP contribution is 2.30. The van der Waals surface area contributed by atoms with Crippen LogP contribution in [-0.2, 0) is 6.42 Å². The zero-order valence-corrected chi connectivity index (χ0v) is 17.0. The lowest BCUT2D eigenvalue weighted by Gasteiger charge is -2.30. The largest absolute Gasteiger partial charge is 0.344 e. The van der Waals surface area contributed by atoms with E-state index in [0.717, 1.165) is 34.8 Å². The molecule has 142 valence electrons. The summed E-state index contributed by atoms with van der Waals surface area (Å²) in [5, 5.41) is 4.95.